The molecule has 0 radical (unpaired) electrons. The topological polar surface area (TPSA) is 102 Å². The summed E-state index contributed by atoms with van der Waals surface area (Å²) in [5.41, 5.74) is 5.18. The number of cyclic esters (lactones) is 1. The maximum Gasteiger partial charge on any atom is 0.335 e. The average molecular weight is 405 g/mol. The molecule has 7 nitrogen and oxygen atoms in total. The lowest BCUT2D eigenvalue weighted by atomic mass is 9.76. The van der Waals surface area contributed by atoms with Gasteiger partial charge in [0.15, 0.2) is 11.5 Å². The average Bonchev–Trinajstić information content (AvgIpc) is 3.36. The highest BCUT2D eigenvalue weighted by molar-refractivity contribution is 5.96. The Labute approximate surface area is 172 Å². The first-order chi connectivity index (χ1) is 14.6. The van der Waals surface area contributed by atoms with Crippen molar-refractivity contribution in [1.29, 1.82) is 0 Å². The van der Waals surface area contributed by atoms with Gasteiger partial charge in [-0.05, 0) is 28.8 Å². The van der Waals surface area contributed by atoms with Crippen LogP contribution < -0.4 is 4.74 Å². The molecule has 0 fully saturated rings. The van der Waals surface area contributed by atoms with Crippen molar-refractivity contribution in [3.63, 3.8) is 0 Å². The molecule has 2 N–H and O–H groups in total. The molecule has 0 bridgehead atoms. The van der Waals surface area contributed by atoms with Crippen molar-refractivity contribution >= 4 is 5.97 Å². The molecule has 5 rings (SSSR count). The van der Waals surface area contributed by atoms with Crippen molar-refractivity contribution in [2.45, 2.75) is 18.9 Å². The third-order valence-electron chi connectivity index (χ3n) is 5.68. The summed E-state index contributed by atoms with van der Waals surface area (Å²) >= 11 is 0. The van der Waals surface area contributed by atoms with Crippen LogP contribution in [0.15, 0.2) is 58.1 Å². The highest BCUT2D eigenvalue weighted by Crippen LogP contribution is 2.48. The van der Waals surface area contributed by atoms with E-state index in [2.05, 4.69) is 5.16 Å². The maximum atomic E-state index is 12.6. The van der Waals surface area contributed by atoms with Gasteiger partial charge in [-0.1, -0.05) is 35.5 Å². The van der Waals surface area contributed by atoms with E-state index in [-0.39, 0.29) is 24.9 Å². The van der Waals surface area contributed by atoms with Crippen LogP contribution in [0, 0.1) is 0 Å². The number of esters is 1. The van der Waals surface area contributed by atoms with Crippen molar-refractivity contribution in [2.24, 2.45) is 0 Å². The Morgan fingerprint density at radius 1 is 1.20 bits per heavy atom. The molecule has 1 atom stereocenters. The van der Waals surface area contributed by atoms with Crippen molar-refractivity contribution in [2.75, 3.05) is 13.7 Å². The fraction of sp³-hybridized carbons (Fsp3) is 0.217. The highest BCUT2D eigenvalue weighted by Gasteiger charge is 2.42. The monoisotopic (exact) mass is 405 g/mol. The van der Waals surface area contributed by atoms with E-state index in [1.807, 2.05) is 30.3 Å². The first-order valence-corrected chi connectivity index (χ1v) is 9.55. The number of aliphatic hydroxyl groups is 1. The van der Waals surface area contributed by atoms with Crippen LogP contribution in [0.1, 0.15) is 28.4 Å². The maximum absolute atomic E-state index is 12.6. The summed E-state index contributed by atoms with van der Waals surface area (Å²) in [6.45, 7) is 0.181. The van der Waals surface area contributed by atoms with Crippen LogP contribution in [0.4, 0.5) is 0 Å². The molecular weight excluding hydrogens is 386 g/mol. The molecular formula is C23H19NO6. The molecule has 1 aliphatic heterocycles. The van der Waals surface area contributed by atoms with Gasteiger partial charge in [0.1, 0.15) is 18.1 Å². The Hall–Kier alpha value is -3.58. The Bertz CT molecular complexity index is 1170. The number of rotatable bonds is 4. The zero-order valence-corrected chi connectivity index (χ0v) is 16.2. The zero-order valence-electron chi connectivity index (χ0n) is 16.2. The lowest BCUT2D eigenvalue weighted by molar-refractivity contribution is -0.136. The summed E-state index contributed by atoms with van der Waals surface area (Å²) in [5.74, 6) is 0.172. The fourth-order valence-corrected chi connectivity index (χ4v) is 4.21. The molecule has 1 unspecified atom stereocenters. The Balaban J connectivity index is 1.69. The number of methoxy groups -OCH3 is 1. The molecule has 0 spiro atoms. The van der Waals surface area contributed by atoms with Gasteiger partial charge in [-0.2, -0.15) is 0 Å². The number of hydrogen-bond donors (Lipinski definition) is 2. The second kappa shape index (κ2) is 7.03. The quantitative estimate of drug-likeness (QED) is 0.643. The molecule has 152 valence electrons. The number of aliphatic hydroxyl groups excluding tert-OH is 1. The standard InChI is InChI=1S/C23H19NO6/c1-28-17-7-6-14(8-16(17)26)19-20-15(11-29-23(20)27)9-18-21(19)22(24-30-18)13-4-2-12(10-25)3-5-13/h2-8,19,25-26H,9-11H2,1H3. The summed E-state index contributed by atoms with van der Waals surface area (Å²) in [4.78, 5) is 12.6. The molecule has 2 aliphatic rings. The van der Waals surface area contributed by atoms with Gasteiger partial charge in [0.05, 0.1) is 19.3 Å². The number of aromatic nitrogens is 1. The predicted molar refractivity (Wildman–Crippen MR) is 106 cm³/mol. The van der Waals surface area contributed by atoms with E-state index in [0.29, 0.717) is 29.2 Å². The second-order valence-corrected chi connectivity index (χ2v) is 7.36. The molecule has 3 aromatic rings. The van der Waals surface area contributed by atoms with E-state index in [9.17, 15) is 15.0 Å². The third kappa shape index (κ3) is 2.78. The minimum atomic E-state index is -0.477. The Morgan fingerprint density at radius 3 is 2.70 bits per heavy atom. The summed E-state index contributed by atoms with van der Waals surface area (Å²) in [7, 11) is 1.48. The van der Waals surface area contributed by atoms with Gasteiger partial charge >= 0.3 is 5.97 Å². The van der Waals surface area contributed by atoms with Crippen LogP contribution in [-0.2, 0) is 22.6 Å². The number of benzene rings is 2. The van der Waals surface area contributed by atoms with E-state index in [1.54, 1.807) is 12.1 Å². The van der Waals surface area contributed by atoms with Gasteiger partial charge in [-0.15, -0.1) is 0 Å². The van der Waals surface area contributed by atoms with Crippen molar-refractivity contribution in [3.8, 4) is 22.8 Å². The lowest BCUT2D eigenvalue weighted by Gasteiger charge is -2.23. The molecule has 0 amide bonds. The molecule has 1 aromatic heterocycles. The summed E-state index contributed by atoms with van der Waals surface area (Å²) in [6, 6.07) is 12.5. The summed E-state index contributed by atoms with van der Waals surface area (Å²) in [6.07, 6.45) is 0.455. The van der Waals surface area contributed by atoms with Crippen LogP contribution in [0.25, 0.3) is 11.3 Å². The van der Waals surface area contributed by atoms with Crippen LogP contribution in [0.2, 0.25) is 0 Å². The number of carbonyl (C=O) groups is 1. The van der Waals surface area contributed by atoms with Gasteiger partial charge in [0.2, 0.25) is 0 Å². The van der Waals surface area contributed by atoms with Crippen LogP contribution >= 0.6 is 0 Å². The molecule has 7 heteroatoms. The number of nitrogens with zero attached hydrogens (tertiary/aromatic N) is 1. The first kappa shape index (κ1) is 18.4. The number of phenolic OH excluding ortho intramolecular Hbond substituents is 1. The number of fused-ring (bicyclic) bond motifs is 1. The third-order valence-corrected chi connectivity index (χ3v) is 5.68. The van der Waals surface area contributed by atoms with Crippen LogP contribution in [-0.4, -0.2) is 35.1 Å². The Morgan fingerprint density at radius 2 is 2.00 bits per heavy atom. The molecule has 2 heterocycles. The number of aromatic hydroxyl groups is 1. The predicted octanol–water partition coefficient (Wildman–Crippen LogP) is 3.09. The number of hydrogen-bond acceptors (Lipinski definition) is 7. The largest absolute Gasteiger partial charge is 0.504 e. The summed E-state index contributed by atoms with van der Waals surface area (Å²) in [5, 5.41) is 24.0. The van der Waals surface area contributed by atoms with Crippen LogP contribution in [0.3, 0.4) is 0 Å². The van der Waals surface area contributed by atoms with Gasteiger partial charge < -0.3 is 24.2 Å². The van der Waals surface area contributed by atoms with Crippen molar-refractivity contribution < 1.29 is 29.0 Å². The lowest BCUT2D eigenvalue weighted by Crippen LogP contribution is -2.17. The van der Waals surface area contributed by atoms with Crippen molar-refractivity contribution in [3.05, 3.63) is 76.1 Å². The molecule has 2 aromatic carbocycles. The number of ether oxygens (including phenoxy) is 2. The van der Waals surface area contributed by atoms with Crippen LogP contribution in [0.5, 0.6) is 11.5 Å². The normalized spacial score (nSPS) is 17.5. The smallest absolute Gasteiger partial charge is 0.335 e. The van der Waals surface area contributed by atoms with Gasteiger partial charge in [0.25, 0.3) is 0 Å². The minimum absolute atomic E-state index is 0.0130. The molecule has 30 heavy (non-hydrogen) atoms. The van der Waals surface area contributed by atoms with Gasteiger partial charge in [0, 0.05) is 23.5 Å². The van der Waals surface area contributed by atoms with E-state index < -0.39 is 5.92 Å². The molecule has 1 aliphatic carbocycles. The van der Waals surface area contributed by atoms with Crippen molar-refractivity contribution in [1.82, 2.24) is 5.16 Å². The summed E-state index contributed by atoms with van der Waals surface area (Å²) < 4.78 is 16.2. The van der Waals surface area contributed by atoms with E-state index in [4.69, 9.17) is 14.0 Å². The second-order valence-electron chi connectivity index (χ2n) is 7.36. The number of carbonyl (C=O) groups excluding carboxylic acids is 1. The van der Waals surface area contributed by atoms with Gasteiger partial charge in [-0.3, -0.25) is 0 Å². The minimum Gasteiger partial charge on any atom is -0.504 e. The van der Waals surface area contributed by atoms with Gasteiger partial charge in [-0.25, -0.2) is 4.79 Å². The van der Waals surface area contributed by atoms with E-state index in [1.165, 1.54) is 7.11 Å². The van der Waals surface area contributed by atoms with E-state index >= 15 is 0 Å². The fourth-order valence-electron chi connectivity index (χ4n) is 4.21. The SMILES string of the molecule is COc1ccc(C2C3=C(COC3=O)Cc3onc(-c4ccc(CO)cc4)c32)cc1O. The molecule has 0 saturated heterocycles. The highest BCUT2D eigenvalue weighted by atomic mass is 16.5. The van der Waals surface area contributed by atoms with E-state index in [0.717, 1.165) is 27.8 Å². The Kier molecular flexibility index (Phi) is 4.33. The first-order valence-electron chi connectivity index (χ1n) is 9.55. The number of phenols is 1. The zero-order chi connectivity index (χ0) is 20.8. The molecule has 0 saturated carbocycles.